The van der Waals surface area contributed by atoms with Crippen molar-refractivity contribution in [3.63, 3.8) is 0 Å². The lowest BCUT2D eigenvalue weighted by Crippen LogP contribution is -2.28. The minimum atomic E-state index is -4.99. The van der Waals surface area contributed by atoms with Crippen molar-refractivity contribution in [2.45, 2.75) is 24.2 Å². The SMILES string of the molecule is CC(NS(=O)(=O)c1ccccc1OC(F)(F)F)c1ccccc1Br. The number of rotatable bonds is 5. The van der Waals surface area contributed by atoms with Crippen molar-refractivity contribution in [2.75, 3.05) is 0 Å². The minimum Gasteiger partial charge on any atom is -0.404 e. The molecule has 9 heteroatoms. The first-order valence-electron chi connectivity index (χ1n) is 6.72. The van der Waals surface area contributed by atoms with Crippen molar-refractivity contribution in [1.29, 1.82) is 0 Å². The van der Waals surface area contributed by atoms with Crippen LogP contribution < -0.4 is 9.46 Å². The van der Waals surface area contributed by atoms with Crippen LogP contribution in [-0.4, -0.2) is 14.8 Å². The number of ether oxygens (including phenoxy) is 1. The third-order valence-corrected chi connectivity index (χ3v) is 5.37. The second-order valence-corrected chi connectivity index (χ2v) is 7.40. The average molecular weight is 424 g/mol. The summed E-state index contributed by atoms with van der Waals surface area (Å²) in [5.41, 5.74) is 0.648. The lowest BCUT2D eigenvalue weighted by molar-refractivity contribution is -0.275. The third-order valence-electron chi connectivity index (χ3n) is 3.07. The van der Waals surface area contributed by atoms with Crippen molar-refractivity contribution >= 4 is 26.0 Å². The smallest absolute Gasteiger partial charge is 0.404 e. The first kappa shape index (κ1) is 18.8. The second kappa shape index (κ2) is 7.12. The molecule has 1 atom stereocenters. The van der Waals surface area contributed by atoms with Gasteiger partial charge in [-0.25, -0.2) is 13.1 Å². The summed E-state index contributed by atoms with van der Waals surface area (Å²) < 4.78 is 69.1. The zero-order valence-electron chi connectivity index (χ0n) is 12.3. The zero-order valence-corrected chi connectivity index (χ0v) is 14.7. The normalized spacial score (nSPS) is 13.5. The van der Waals surface area contributed by atoms with Gasteiger partial charge >= 0.3 is 6.36 Å². The van der Waals surface area contributed by atoms with Crippen molar-refractivity contribution in [2.24, 2.45) is 0 Å². The van der Waals surface area contributed by atoms with Gasteiger partial charge in [-0.15, -0.1) is 13.2 Å². The minimum absolute atomic E-state index is 0.582. The molecule has 0 saturated heterocycles. The Bertz CT molecular complexity index is 825. The fraction of sp³-hybridized carbons (Fsp3) is 0.200. The Kier molecular flexibility index (Phi) is 5.56. The van der Waals surface area contributed by atoms with Crippen LogP contribution in [0.3, 0.4) is 0 Å². The van der Waals surface area contributed by atoms with Crippen LogP contribution in [0.25, 0.3) is 0 Å². The molecule has 1 N–H and O–H groups in total. The number of nitrogens with one attached hydrogen (secondary N) is 1. The molecule has 2 aromatic rings. The largest absolute Gasteiger partial charge is 0.573 e. The van der Waals surface area contributed by atoms with E-state index in [1.165, 1.54) is 12.1 Å². The molecule has 0 spiro atoms. The summed E-state index contributed by atoms with van der Waals surface area (Å²) in [5, 5.41) is 0. The van der Waals surface area contributed by atoms with E-state index in [-0.39, 0.29) is 0 Å². The molecule has 0 saturated carbocycles. The maximum Gasteiger partial charge on any atom is 0.573 e. The molecule has 1 unspecified atom stereocenters. The molecule has 4 nitrogen and oxygen atoms in total. The lowest BCUT2D eigenvalue weighted by Gasteiger charge is -2.18. The quantitative estimate of drug-likeness (QED) is 0.775. The predicted octanol–water partition coefficient (Wildman–Crippen LogP) is 4.39. The topological polar surface area (TPSA) is 55.4 Å². The van der Waals surface area contributed by atoms with Gasteiger partial charge in [-0.1, -0.05) is 46.3 Å². The van der Waals surface area contributed by atoms with Gasteiger partial charge in [-0.3, -0.25) is 0 Å². The Balaban J connectivity index is 2.33. The zero-order chi connectivity index (χ0) is 18.0. The van der Waals surface area contributed by atoms with Gasteiger partial charge in [0.2, 0.25) is 10.0 Å². The molecule has 0 fully saturated rings. The van der Waals surface area contributed by atoms with E-state index < -0.39 is 33.1 Å². The maximum absolute atomic E-state index is 12.5. The first-order chi connectivity index (χ1) is 11.1. The number of hydrogen-bond donors (Lipinski definition) is 1. The number of hydrogen-bond acceptors (Lipinski definition) is 3. The van der Waals surface area contributed by atoms with Crippen molar-refractivity contribution < 1.29 is 26.3 Å². The van der Waals surface area contributed by atoms with Gasteiger partial charge in [-0.05, 0) is 30.7 Å². The van der Waals surface area contributed by atoms with Gasteiger partial charge in [0, 0.05) is 10.5 Å². The number of halogens is 4. The van der Waals surface area contributed by atoms with Crippen LogP contribution in [-0.2, 0) is 10.0 Å². The fourth-order valence-corrected chi connectivity index (χ4v) is 4.05. The van der Waals surface area contributed by atoms with E-state index >= 15 is 0 Å². The van der Waals surface area contributed by atoms with Crippen molar-refractivity contribution in [3.8, 4) is 5.75 Å². The van der Waals surface area contributed by atoms with Crippen LogP contribution in [0, 0.1) is 0 Å². The van der Waals surface area contributed by atoms with Gasteiger partial charge < -0.3 is 4.74 Å². The molecule has 0 aromatic heterocycles. The van der Waals surface area contributed by atoms with E-state index in [2.05, 4.69) is 25.4 Å². The molecule has 2 rings (SSSR count). The van der Waals surface area contributed by atoms with Crippen molar-refractivity contribution in [3.05, 3.63) is 58.6 Å². The summed E-state index contributed by atoms with van der Waals surface area (Å²) in [5.74, 6) is -0.781. The highest BCUT2D eigenvalue weighted by Gasteiger charge is 2.34. The highest BCUT2D eigenvalue weighted by Crippen LogP contribution is 2.31. The van der Waals surface area contributed by atoms with Gasteiger partial charge in [0.05, 0.1) is 0 Å². The lowest BCUT2D eigenvalue weighted by atomic mass is 10.1. The first-order valence-corrected chi connectivity index (χ1v) is 8.99. The number of sulfonamides is 1. The van der Waals surface area contributed by atoms with E-state index in [0.29, 0.717) is 10.0 Å². The van der Waals surface area contributed by atoms with Crippen LogP contribution in [0.15, 0.2) is 57.9 Å². The molecule has 2 aromatic carbocycles. The maximum atomic E-state index is 12.5. The average Bonchev–Trinajstić information content (AvgIpc) is 2.45. The highest BCUT2D eigenvalue weighted by atomic mass is 79.9. The van der Waals surface area contributed by atoms with Gasteiger partial charge in [0.1, 0.15) is 10.6 Å². The Morgan fingerprint density at radius 3 is 2.29 bits per heavy atom. The Hall–Kier alpha value is -1.58. The number of benzene rings is 2. The van der Waals surface area contributed by atoms with Crippen LogP contribution in [0.4, 0.5) is 13.2 Å². The van der Waals surface area contributed by atoms with Gasteiger partial charge in [0.15, 0.2) is 0 Å². The van der Waals surface area contributed by atoms with E-state index in [0.717, 1.165) is 12.1 Å². The summed E-state index contributed by atoms with van der Waals surface area (Å²) in [6.07, 6.45) is -4.99. The molecule has 0 radical (unpaired) electrons. The Labute approximate surface area is 145 Å². The molecule has 0 aliphatic heterocycles. The predicted molar refractivity (Wildman–Crippen MR) is 86.0 cm³/mol. The summed E-state index contributed by atoms with van der Waals surface area (Å²) in [7, 11) is -4.22. The molecular formula is C15H13BrF3NO3S. The van der Waals surface area contributed by atoms with Crippen LogP contribution >= 0.6 is 15.9 Å². The molecule has 130 valence electrons. The second-order valence-electron chi connectivity index (χ2n) is 4.86. The third kappa shape index (κ3) is 4.71. The van der Waals surface area contributed by atoms with Gasteiger partial charge in [0.25, 0.3) is 0 Å². The van der Waals surface area contributed by atoms with Crippen LogP contribution in [0.1, 0.15) is 18.5 Å². The molecule has 0 bridgehead atoms. The van der Waals surface area contributed by atoms with E-state index in [9.17, 15) is 21.6 Å². The number of para-hydroxylation sites is 1. The van der Waals surface area contributed by atoms with E-state index in [4.69, 9.17) is 0 Å². The number of alkyl halides is 3. The molecule has 24 heavy (non-hydrogen) atoms. The summed E-state index contributed by atoms with van der Waals surface area (Å²) in [6, 6.07) is 10.9. The fourth-order valence-electron chi connectivity index (χ4n) is 2.07. The molecule has 0 amide bonds. The monoisotopic (exact) mass is 423 g/mol. The van der Waals surface area contributed by atoms with Crippen molar-refractivity contribution in [1.82, 2.24) is 4.72 Å². The standard InChI is InChI=1S/C15H13BrF3NO3S/c1-10(11-6-2-3-7-12(11)16)20-24(21,22)14-9-5-4-8-13(14)23-15(17,18)19/h2-10,20H,1H3. The van der Waals surface area contributed by atoms with E-state index in [1.807, 2.05) is 0 Å². The summed E-state index contributed by atoms with van der Waals surface area (Å²) in [6.45, 7) is 1.59. The van der Waals surface area contributed by atoms with Gasteiger partial charge in [-0.2, -0.15) is 0 Å². The molecule has 0 aliphatic carbocycles. The highest BCUT2D eigenvalue weighted by molar-refractivity contribution is 9.10. The van der Waals surface area contributed by atoms with E-state index in [1.54, 1.807) is 31.2 Å². The summed E-state index contributed by atoms with van der Waals surface area (Å²) in [4.78, 5) is -0.582. The van der Waals surface area contributed by atoms with Crippen LogP contribution in [0.5, 0.6) is 5.75 Å². The molecular weight excluding hydrogens is 411 g/mol. The van der Waals surface area contributed by atoms with Crippen LogP contribution in [0.2, 0.25) is 0 Å². The molecule has 0 heterocycles. The molecule has 0 aliphatic rings. The summed E-state index contributed by atoms with van der Waals surface area (Å²) >= 11 is 3.31. The Morgan fingerprint density at radius 2 is 1.67 bits per heavy atom. The Morgan fingerprint density at radius 1 is 1.08 bits per heavy atom.